The monoisotopic (exact) mass is 507 g/mol. The van der Waals surface area contributed by atoms with Gasteiger partial charge < -0.3 is 4.42 Å². The first-order valence-electron chi connectivity index (χ1n) is 10.4. The molecule has 0 fully saturated rings. The fourth-order valence-electron chi connectivity index (χ4n) is 3.66. The number of nitrogens with zero attached hydrogens (tertiary/aromatic N) is 4. The molecule has 5 aromatic rings. The van der Waals surface area contributed by atoms with E-state index in [2.05, 4.69) is 15.6 Å². The number of halogens is 3. The van der Waals surface area contributed by atoms with E-state index in [9.17, 15) is 9.18 Å². The minimum absolute atomic E-state index is 0.0633. The van der Waals surface area contributed by atoms with Gasteiger partial charge in [0.25, 0.3) is 5.91 Å². The Balaban J connectivity index is 1.62. The number of carbonyl (C=O) groups excluding carboxylic acids is 1. The van der Waals surface area contributed by atoms with Crippen molar-refractivity contribution in [2.45, 2.75) is 6.92 Å². The Kier molecular flexibility index (Phi) is 6.07. The number of carbonyl (C=O) groups is 1. The second-order valence-electron chi connectivity index (χ2n) is 7.51. The predicted octanol–water partition coefficient (Wildman–Crippen LogP) is 6.20. The molecule has 3 aromatic heterocycles. The Morgan fingerprint density at radius 1 is 1.11 bits per heavy atom. The summed E-state index contributed by atoms with van der Waals surface area (Å²) in [5.41, 5.74) is 4.76. The van der Waals surface area contributed by atoms with Crippen LogP contribution in [0.3, 0.4) is 0 Å². The van der Waals surface area contributed by atoms with Gasteiger partial charge in [-0.05, 0) is 49.4 Å². The summed E-state index contributed by atoms with van der Waals surface area (Å²) in [6.07, 6.45) is 2.67. The zero-order valence-corrected chi connectivity index (χ0v) is 19.7. The van der Waals surface area contributed by atoms with Crippen molar-refractivity contribution in [1.29, 1.82) is 0 Å². The van der Waals surface area contributed by atoms with Crippen LogP contribution >= 0.6 is 23.2 Å². The molecule has 35 heavy (non-hydrogen) atoms. The lowest BCUT2D eigenvalue weighted by atomic mass is 10.1. The Morgan fingerprint density at radius 2 is 1.91 bits per heavy atom. The molecule has 0 radical (unpaired) electrons. The molecule has 7 nitrogen and oxygen atoms in total. The van der Waals surface area contributed by atoms with Gasteiger partial charge in [0.1, 0.15) is 11.5 Å². The van der Waals surface area contributed by atoms with Crippen LogP contribution in [0.2, 0.25) is 10.0 Å². The van der Waals surface area contributed by atoms with Gasteiger partial charge in [-0.1, -0.05) is 41.4 Å². The number of furan rings is 1. The second-order valence-corrected chi connectivity index (χ2v) is 8.33. The maximum absolute atomic E-state index is 14.0. The third-order valence-electron chi connectivity index (χ3n) is 5.27. The fourth-order valence-corrected chi connectivity index (χ4v) is 4.09. The highest BCUT2D eigenvalue weighted by Gasteiger charge is 2.22. The van der Waals surface area contributed by atoms with Gasteiger partial charge in [-0.3, -0.25) is 4.79 Å². The lowest BCUT2D eigenvalue weighted by molar-refractivity contribution is 0.0956. The van der Waals surface area contributed by atoms with Crippen LogP contribution < -0.4 is 5.43 Å². The first kappa shape index (κ1) is 22.8. The van der Waals surface area contributed by atoms with E-state index < -0.39 is 11.7 Å². The third kappa shape index (κ3) is 4.29. The summed E-state index contributed by atoms with van der Waals surface area (Å²) in [5, 5.41) is 9.65. The van der Waals surface area contributed by atoms with E-state index in [4.69, 9.17) is 32.6 Å². The molecule has 5 rings (SSSR count). The van der Waals surface area contributed by atoms with Crippen LogP contribution in [0.4, 0.5) is 4.39 Å². The minimum atomic E-state index is -0.557. The first-order valence-corrected chi connectivity index (χ1v) is 11.2. The van der Waals surface area contributed by atoms with Crippen LogP contribution in [-0.4, -0.2) is 26.9 Å². The maximum atomic E-state index is 14.0. The highest BCUT2D eigenvalue weighted by Crippen LogP contribution is 2.31. The summed E-state index contributed by atoms with van der Waals surface area (Å²) >= 11 is 12.4. The summed E-state index contributed by atoms with van der Waals surface area (Å²) < 4.78 is 21.1. The molecule has 10 heteroatoms. The molecular formula is C25H16Cl2FN5O2. The van der Waals surface area contributed by atoms with Crippen molar-refractivity contribution < 1.29 is 13.6 Å². The van der Waals surface area contributed by atoms with Crippen molar-refractivity contribution >= 4 is 46.4 Å². The number of aryl methyl sites for hydroxylation is 1. The van der Waals surface area contributed by atoms with Crippen molar-refractivity contribution in [1.82, 2.24) is 20.2 Å². The molecule has 2 aromatic carbocycles. The number of amides is 1. The Bertz CT molecular complexity index is 1580. The van der Waals surface area contributed by atoms with E-state index in [1.165, 1.54) is 24.5 Å². The van der Waals surface area contributed by atoms with E-state index >= 15 is 0 Å². The SMILES string of the molecule is Cc1nn(-c2ccccc2Cl)c2nc(-c3ccco3)cc(C(=O)N/N=C/c3c(F)cccc3Cl)c12. The lowest BCUT2D eigenvalue weighted by Gasteiger charge is -2.08. The Morgan fingerprint density at radius 3 is 2.66 bits per heavy atom. The van der Waals surface area contributed by atoms with E-state index in [1.807, 2.05) is 12.1 Å². The maximum Gasteiger partial charge on any atom is 0.272 e. The smallest absolute Gasteiger partial charge is 0.272 e. The number of aromatic nitrogens is 3. The van der Waals surface area contributed by atoms with Crippen molar-refractivity contribution in [3.8, 4) is 17.1 Å². The number of benzene rings is 2. The molecule has 1 amide bonds. The number of rotatable bonds is 5. The molecule has 0 saturated heterocycles. The largest absolute Gasteiger partial charge is 0.463 e. The number of pyridine rings is 1. The van der Waals surface area contributed by atoms with Crippen LogP contribution in [-0.2, 0) is 0 Å². The number of hydrogen-bond acceptors (Lipinski definition) is 5. The van der Waals surface area contributed by atoms with E-state index in [0.717, 1.165) is 6.21 Å². The highest BCUT2D eigenvalue weighted by molar-refractivity contribution is 6.33. The molecule has 0 aliphatic rings. The van der Waals surface area contributed by atoms with Crippen LogP contribution in [0.1, 0.15) is 21.6 Å². The van der Waals surface area contributed by atoms with Gasteiger partial charge in [0.15, 0.2) is 11.4 Å². The molecule has 174 valence electrons. The average molecular weight is 508 g/mol. The summed E-state index contributed by atoms with van der Waals surface area (Å²) in [7, 11) is 0. The molecular weight excluding hydrogens is 492 g/mol. The summed E-state index contributed by atoms with van der Waals surface area (Å²) in [4.78, 5) is 17.9. The zero-order valence-electron chi connectivity index (χ0n) is 18.2. The number of hydrazone groups is 1. The zero-order chi connectivity index (χ0) is 24.5. The first-order chi connectivity index (χ1) is 16.9. The van der Waals surface area contributed by atoms with Gasteiger partial charge in [0.05, 0.1) is 44.9 Å². The Labute approximate surface area is 208 Å². The number of fused-ring (bicyclic) bond motifs is 1. The van der Waals surface area contributed by atoms with Gasteiger partial charge in [-0.25, -0.2) is 19.5 Å². The van der Waals surface area contributed by atoms with Gasteiger partial charge in [-0.2, -0.15) is 10.2 Å². The second kappa shape index (κ2) is 9.32. The van der Waals surface area contributed by atoms with Crippen molar-refractivity contribution in [2.24, 2.45) is 5.10 Å². The molecule has 0 aliphatic heterocycles. The summed E-state index contributed by atoms with van der Waals surface area (Å²) in [6, 6.07) is 16.5. The average Bonchev–Trinajstić information content (AvgIpc) is 3.49. The molecule has 0 saturated carbocycles. The number of para-hydroxylation sites is 1. The van der Waals surface area contributed by atoms with Crippen LogP contribution in [0.5, 0.6) is 0 Å². The lowest BCUT2D eigenvalue weighted by Crippen LogP contribution is -2.18. The Hall–Kier alpha value is -4.01. The van der Waals surface area contributed by atoms with Crippen molar-refractivity contribution in [3.63, 3.8) is 0 Å². The standard InChI is InChI=1S/C25H16Cl2FN5O2/c1-14-23-15(25(34)31-29-13-16-17(26)7-4-8-19(16)28)12-20(22-10-5-11-35-22)30-24(23)33(32-14)21-9-3-2-6-18(21)27/h2-13H,1H3,(H,31,34)/b29-13+. The van der Waals surface area contributed by atoms with E-state index in [0.29, 0.717) is 38.9 Å². The van der Waals surface area contributed by atoms with Gasteiger partial charge >= 0.3 is 0 Å². The number of nitrogens with one attached hydrogen (secondary N) is 1. The fraction of sp³-hybridized carbons (Fsp3) is 0.0400. The molecule has 0 atom stereocenters. The molecule has 1 N–H and O–H groups in total. The van der Waals surface area contributed by atoms with Crippen LogP contribution in [0, 0.1) is 12.7 Å². The summed E-state index contributed by atoms with van der Waals surface area (Å²) in [5.74, 6) is -0.637. The normalized spacial score (nSPS) is 11.4. The molecule has 3 heterocycles. The van der Waals surface area contributed by atoms with E-state index in [1.54, 1.807) is 41.9 Å². The van der Waals surface area contributed by atoms with Crippen molar-refractivity contribution in [3.05, 3.63) is 99.6 Å². The highest BCUT2D eigenvalue weighted by atomic mass is 35.5. The topological polar surface area (TPSA) is 85.3 Å². The third-order valence-corrected chi connectivity index (χ3v) is 5.92. The van der Waals surface area contributed by atoms with Gasteiger partial charge in [0, 0.05) is 5.56 Å². The van der Waals surface area contributed by atoms with Gasteiger partial charge in [0.2, 0.25) is 0 Å². The van der Waals surface area contributed by atoms with Gasteiger partial charge in [-0.15, -0.1) is 0 Å². The quantitative estimate of drug-likeness (QED) is 0.226. The molecule has 0 aliphatic carbocycles. The molecule has 0 bridgehead atoms. The molecule has 0 unspecified atom stereocenters. The number of hydrogen-bond donors (Lipinski definition) is 1. The van der Waals surface area contributed by atoms with Crippen LogP contribution in [0.25, 0.3) is 28.2 Å². The molecule has 0 spiro atoms. The minimum Gasteiger partial charge on any atom is -0.463 e. The van der Waals surface area contributed by atoms with E-state index in [-0.39, 0.29) is 16.1 Å². The van der Waals surface area contributed by atoms with Crippen LogP contribution in [0.15, 0.2) is 76.4 Å². The summed E-state index contributed by atoms with van der Waals surface area (Å²) in [6.45, 7) is 1.77. The predicted molar refractivity (Wildman–Crippen MR) is 133 cm³/mol. The van der Waals surface area contributed by atoms with Crippen molar-refractivity contribution in [2.75, 3.05) is 0 Å².